The smallest absolute Gasteiger partial charge is 0.258 e. The zero-order valence-corrected chi connectivity index (χ0v) is 11.8. The van der Waals surface area contributed by atoms with Crippen LogP contribution in [0.5, 0.6) is 0 Å². The molecule has 1 heterocycles. The Morgan fingerprint density at radius 1 is 1.20 bits per heavy atom. The summed E-state index contributed by atoms with van der Waals surface area (Å²) in [5.41, 5.74) is 1.08. The van der Waals surface area contributed by atoms with E-state index in [0.29, 0.717) is 22.2 Å². The third kappa shape index (κ3) is 3.93. The van der Waals surface area contributed by atoms with Crippen LogP contribution in [0.15, 0.2) is 36.7 Å². The number of anilines is 2. The van der Waals surface area contributed by atoms with Crippen molar-refractivity contribution in [1.29, 1.82) is 0 Å². The monoisotopic (exact) mass is 290 g/mol. The maximum Gasteiger partial charge on any atom is 0.258 e. The van der Waals surface area contributed by atoms with E-state index in [1.54, 1.807) is 24.3 Å². The highest BCUT2D eigenvalue weighted by Gasteiger charge is 2.07. The predicted octanol–water partition coefficient (Wildman–Crippen LogP) is 3.20. The lowest BCUT2D eigenvalue weighted by Crippen LogP contribution is -2.13. The van der Waals surface area contributed by atoms with Crippen molar-refractivity contribution in [2.24, 2.45) is 0 Å². The van der Waals surface area contributed by atoms with Crippen LogP contribution in [0.2, 0.25) is 5.02 Å². The molecule has 5 nitrogen and oxygen atoms in total. The first-order valence-corrected chi connectivity index (χ1v) is 6.69. The molecule has 104 valence electrons. The molecule has 0 aliphatic rings. The highest BCUT2D eigenvalue weighted by Crippen LogP contribution is 2.14. The van der Waals surface area contributed by atoms with E-state index >= 15 is 0 Å². The van der Waals surface area contributed by atoms with Gasteiger partial charge in [-0.3, -0.25) is 4.79 Å². The molecule has 0 saturated heterocycles. The van der Waals surface area contributed by atoms with E-state index in [9.17, 15) is 4.79 Å². The fraction of sp³-hybridized carbons (Fsp3) is 0.214. The summed E-state index contributed by atoms with van der Waals surface area (Å²) in [7, 11) is 0. The summed E-state index contributed by atoms with van der Waals surface area (Å²) >= 11 is 5.78. The van der Waals surface area contributed by atoms with Crippen LogP contribution in [0.4, 0.5) is 11.6 Å². The lowest BCUT2D eigenvalue weighted by Gasteiger charge is -2.06. The minimum Gasteiger partial charge on any atom is -0.354 e. The SMILES string of the molecule is CCCNc1ncc(C(=O)Nc2ccc(Cl)cc2)cn1. The molecule has 2 aromatic rings. The van der Waals surface area contributed by atoms with Crippen molar-refractivity contribution in [2.45, 2.75) is 13.3 Å². The fourth-order valence-electron chi connectivity index (χ4n) is 1.51. The number of hydrogen-bond acceptors (Lipinski definition) is 4. The Morgan fingerprint density at radius 3 is 2.45 bits per heavy atom. The molecule has 0 radical (unpaired) electrons. The Bertz CT molecular complexity index is 569. The largest absolute Gasteiger partial charge is 0.354 e. The standard InChI is InChI=1S/C14H15ClN4O/c1-2-7-16-14-17-8-10(9-18-14)13(20)19-12-5-3-11(15)4-6-12/h3-6,8-9H,2,7H2,1H3,(H,19,20)(H,16,17,18). The van der Waals surface area contributed by atoms with Gasteiger partial charge in [-0.15, -0.1) is 0 Å². The summed E-state index contributed by atoms with van der Waals surface area (Å²) in [6.07, 6.45) is 3.98. The predicted molar refractivity (Wildman–Crippen MR) is 80.2 cm³/mol. The molecule has 0 unspecified atom stereocenters. The van der Waals surface area contributed by atoms with Crippen molar-refractivity contribution < 1.29 is 4.79 Å². The lowest BCUT2D eigenvalue weighted by molar-refractivity contribution is 0.102. The number of carbonyl (C=O) groups excluding carboxylic acids is 1. The zero-order chi connectivity index (χ0) is 14.4. The highest BCUT2D eigenvalue weighted by molar-refractivity contribution is 6.30. The number of benzene rings is 1. The average molecular weight is 291 g/mol. The summed E-state index contributed by atoms with van der Waals surface area (Å²) in [5.74, 6) is 0.268. The van der Waals surface area contributed by atoms with Crippen molar-refractivity contribution in [3.05, 3.63) is 47.2 Å². The van der Waals surface area contributed by atoms with Gasteiger partial charge in [0.05, 0.1) is 5.56 Å². The maximum absolute atomic E-state index is 12.0. The van der Waals surface area contributed by atoms with E-state index in [4.69, 9.17) is 11.6 Å². The summed E-state index contributed by atoms with van der Waals surface area (Å²) < 4.78 is 0. The minimum absolute atomic E-state index is 0.255. The van der Waals surface area contributed by atoms with Crippen molar-refractivity contribution in [1.82, 2.24) is 9.97 Å². The lowest BCUT2D eigenvalue weighted by atomic mass is 10.3. The Labute approximate surface area is 122 Å². The topological polar surface area (TPSA) is 66.9 Å². The highest BCUT2D eigenvalue weighted by atomic mass is 35.5. The molecular formula is C14H15ClN4O. The van der Waals surface area contributed by atoms with Gasteiger partial charge in [0.2, 0.25) is 5.95 Å². The number of amides is 1. The second-order valence-electron chi connectivity index (χ2n) is 4.18. The van der Waals surface area contributed by atoms with Gasteiger partial charge in [-0.2, -0.15) is 0 Å². The van der Waals surface area contributed by atoms with Crippen LogP contribution in [0, 0.1) is 0 Å². The van der Waals surface area contributed by atoms with E-state index in [0.717, 1.165) is 13.0 Å². The number of nitrogens with one attached hydrogen (secondary N) is 2. The number of carbonyl (C=O) groups is 1. The molecule has 6 heteroatoms. The van der Waals surface area contributed by atoms with Gasteiger partial charge in [0.25, 0.3) is 5.91 Å². The number of halogens is 1. The number of rotatable bonds is 5. The van der Waals surface area contributed by atoms with Crippen molar-refractivity contribution in [2.75, 3.05) is 17.2 Å². The van der Waals surface area contributed by atoms with Crippen molar-refractivity contribution in [3.8, 4) is 0 Å². The fourth-order valence-corrected chi connectivity index (χ4v) is 1.64. The van der Waals surface area contributed by atoms with E-state index in [2.05, 4.69) is 27.5 Å². The molecular weight excluding hydrogens is 276 g/mol. The Morgan fingerprint density at radius 2 is 1.85 bits per heavy atom. The number of aromatic nitrogens is 2. The second kappa shape index (κ2) is 6.86. The molecule has 0 aliphatic carbocycles. The first-order chi connectivity index (χ1) is 9.69. The van der Waals surface area contributed by atoms with Gasteiger partial charge in [-0.05, 0) is 30.7 Å². The quantitative estimate of drug-likeness (QED) is 0.887. The molecule has 0 bridgehead atoms. The van der Waals surface area contributed by atoms with Crippen LogP contribution < -0.4 is 10.6 Å². The van der Waals surface area contributed by atoms with Gasteiger partial charge >= 0.3 is 0 Å². The van der Waals surface area contributed by atoms with E-state index in [1.165, 1.54) is 12.4 Å². The third-order valence-electron chi connectivity index (χ3n) is 2.55. The number of hydrogen-bond donors (Lipinski definition) is 2. The van der Waals surface area contributed by atoms with Gasteiger partial charge in [0.15, 0.2) is 0 Å². The normalized spacial score (nSPS) is 10.1. The molecule has 0 saturated carbocycles. The number of nitrogens with zero attached hydrogens (tertiary/aromatic N) is 2. The van der Waals surface area contributed by atoms with Crippen LogP contribution in [0.1, 0.15) is 23.7 Å². The molecule has 0 spiro atoms. The molecule has 0 aliphatic heterocycles. The van der Waals surface area contributed by atoms with E-state index in [1.807, 2.05) is 0 Å². The van der Waals surface area contributed by atoms with Crippen LogP contribution in [0.3, 0.4) is 0 Å². The summed E-state index contributed by atoms with van der Waals surface area (Å²) in [6, 6.07) is 6.90. The second-order valence-corrected chi connectivity index (χ2v) is 4.62. The first-order valence-electron chi connectivity index (χ1n) is 6.32. The van der Waals surface area contributed by atoms with Crippen LogP contribution in [-0.4, -0.2) is 22.4 Å². The summed E-state index contributed by atoms with van der Waals surface area (Å²) in [5, 5.41) is 6.42. The zero-order valence-electron chi connectivity index (χ0n) is 11.1. The molecule has 2 N–H and O–H groups in total. The van der Waals surface area contributed by atoms with Gasteiger partial charge in [0, 0.05) is 29.6 Å². The van der Waals surface area contributed by atoms with Crippen LogP contribution >= 0.6 is 11.6 Å². The Kier molecular flexibility index (Phi) is 4.90. The van der Waals surface area contributed by atoms with Gasteiger partial charge < -0.3 is 10.6 Å². The van der Waals surface area contributed by atoms with Crippen LogP contribution in [0.25, 0.3) is 0 Å². The molecule has 1 amide bonds. The minimum atomic E-state index is -0.255. The van der Waals surface area contributed by atoms with Crippen molar-refractivity contribution in [3.63, 3.8) is 0 Å². The molecule has 0 fully saturated rings. The molecule has 20 heavy (non-hydrogen) atoms. The summed E-state index contributed by atoms with van der Waals surface area (Å²) in [4.78, 5) is 20.2. The summed E-state index contributed by atoms with van der Waals surface area (Å²) in [6.45, 7) is 2.86. The molecule has 2 rings (SSSR count). The van der Waals surface area contributed by atoms with Crippen molar-refractivity contribution >= 4 is 29.1 Å². The molecule has 1 aromatic heterocycles. The molecule has 1 aromatic carbocycles. The first kappa shape index (κ1) is 14.3. The van der Waals surface area contributed by atoms with E-state index < -0.39 is 0 Å². The third-order valence-corrected chi connectivity index (χ3v) is 2.80. The molecule has 0 atom stereocenters. The van der Waals surface area contributed by atoms with E-state index in [-0.39, 0.29) is 5.91 Å². The maximum atomic E-state index is 12.0. The Hall–Kier alpha value is -2.14. The van der Waals surface area contributed by atoms with Crippen LogP contribution in [-0.2, 0) is 0 Å². The Balaban J connectivity index is 2.00. The van der Waals surface area contributed by atoms with Gasteiger partial charge in [-0.25, -0.2) is 9.97 Å². The van der Waals surface area contributed by atoms with Gasteiger partial charge in [-0.1, -0.05) is 18.5 Å². The average Bonchev–Trinajstić information content (AvgIpc) is 2.48. The van der Waals surface area contributed by atoms with Gasteiger partial charge in [0.1, 0.15) is 0 Å².